The van der Waals surface area contributed by atoms with E-state index in [0.29, 0.717) is 18.0 Å². The fourth-order valence-corrected chi connectivity index (χ4v) is 2.41. The lowest BCUT2D eigenvalue weighted by Crippen LogP contribution is -2.52. The summed E-state index contributed by atoms with van der Waals surface area (Å²) in [5, 5.41) is 3.66. The maximum absolute atomic E-state index is 3.66. The zero-order chi connectivity index (χ0) is 11.5. The fraction of sp³-hybridized carbons (Fsp3) is 0.571. The van der Waals surface area contributed by atoms with Crippen molar-refractivity contribution in [3.8, 4) is 0 Å². The van der Waals surface area contributed by atoms with E-state index in [0.717, 1.165) is 13.1 Å². The van der Waals surface area contributed by atoms with E-state index in [4.69, 9.17) is 0 Å². The van der Waals surface area contributed by atoms with Gasteiger partial charge in [0.1, 0.15) is 0 Å². The first kappa shape index (κ1) is 11.6. The summed E-state index contributed by atoms with van der Waals surface area (Å²) >= 11 is 0. The number of piperazine rings is 1. The predicted molar refractivity (Wildman–Crippen MR) is 68.4 cm³/mol. The van der Waals surface area contributed by atoms with Crippen LogP contribution in [0, 0.1) is 5.92 Å². The Kier molecular flexibility index (Phi) is 3.62. The molecule has 1 aromatic rings. The van der Waals surface area contributed by atoms with E-state index in [9.17, 15) is 0 Å². The van der Waals surface area contributed by atoms with Gasteiger partial charge in [0.2, 0.25) is 0 Å². The first-order valence-electron chi connectivity index (χ1n) is 6.17. The normalized spacial score (nSPS) is 27.2. The zero-order valence-electron chi connectivity index (χ0n) is 10.5. The molecule has 0 amide bonds. The molecule has 1 heterocycles. The standard InChI is InChI=1S/C14H22N2/c1-11(2)13-10-16(3)14(9-15-13)12-7-5-4-6-8-12/h4-8,11,13-15H,9-10H2,1-3H3. The van der Waals surface area contributed by atoms with Gasteiger partial charge in [-0.15, -0.1) is 0 Å². The van der Waals surface area contributed by atoms with Crippen LogP contribution in [0.2, 0.25) is 0 Å². The van der Waals surface area contributed by atoms with Crippen LogP contribution in [0.5, 0.6) is 0 Å². The second-order valence-corrected chi connectivity index (χ2v) is 5.12. The average Bonchev–Trinajstić information content (AvgIpc) is 2.30. The number of likely N-dealkylation sites (N-methyl/N-ethyl adjacent to an activating group) is 1. The summed E-state index contributed by atoms with van der Waals surface area (Å²) in [5.41, 5.74) is 1.42. The van der Waals surface area contributed by atoms with Gasteiger partial charge in [0.25, 0.3) is 0 Å². The lowest BCUT2D eigenvalue weighted by Gasteiger charge is -2.40. The van der Waals surface area contributed by atoms with Crippen LogP contribution in [-0.4, -0.2) is 31.1 Å². The molecule has 1 fully saturated rings. The third-order valence-electron chi connectivity index (χ3n) is 3.58. The molecule has 0 radical (unpaired) electrons. The Hall–Kier alpha value is -0.860. The highest BCUT2D eigenvalue weighted by molar-refractivity contribution is 5.20. The smallest absolute Gasteiger partial charge is 0.0470 e. The van der Waals surface area contributed by atoms with Gasteiger partial charge in [0.05, 0.1) is 0 Å². The van der Waals surface area contributed by atoms with E-state index in [1.165, 1.54) is 5.56 Å². The molecule has 0 aliphatic carbocycles. The Morgan fingerprint density at radius 3 is 2.50 bits per heavy atom. The molecular formula is C14H22N2. The lowest BCUT2D eigenvalue weighted by atomic mass is 9.96. The van der Waals surface area contributed by atoms with Crippen molar-refractivity contribution >= 4 is 0 Å². The van der Waals surface area contributed by atoms with E-state index in [1.54, 1.807) is 0 Å². The number of nitrogens with one attached hydrogen (secondary N) is 1. The van der Waals surface area contributed by atoms with Crippen LogP contribution >= 0.6 is 0 Å². The molecule has 1 aromatic carbocycles. The topological polar surface area (TPSA) is 15.3 Å². The van der Waals surface area contributed by atoms with Crippen molar-refractivity contribution in [3.05, 3.63) is 35.9 Å². The second-order valence-electron chi connectivity index (χ2n) is 5.12. The Balaban J connectivity index is 2.05. The molecule has 0 aromatic heterocycles. The molecule has 88 valence electrons. The molecule has 2 heteroatoms. The van der Waals surface area contributed by atoms with Crippen molar-refractivity contribution in [3.63, 3.8) is 0 Å². The summed E-state index contributed by atoms with van der Waals surface area (Å²) in [5.74, 6) is 0.708. The minimum absolute atomic E-state index is 0.524. The highest BCUT2D eigenvalue weighted by Gasteiger charge is 2.27. The third kappa shape index (κ3) is 2.45. The minimum atomic E-state index is 0.524. The SMILES string of the molecule is CC(C)C1CN(C)C(c2ccccc2)CN1. The van der Waals surface area contributed by atoms with Crippen molar-refractivity contribution in [1.29, 1.82) is 0 Å². The zero-order valence-corrected chi connectivity index (χ0v) is 10.5. The molecule has 1 N–H and O–H groups in total. The second kappa shape index (κ2) is 4.98. The Bertz CT molecular complexity index is 321. The molecule has 1 saturated heterocycles. The quantitative estimate of drug-likeness (QED) is 0.819. The number of hydrogen-bond donors (Lipinski definition) is 1. The molecule has 0 bridgehead atoms. The highest BCUT2D eigenvalue weighted by Crippen LogP contribution is 2.23. The Labute approximate surface area is 98.7 Å². The monoisotopic (exact) mass is 218 g/mol. The van der Waals surface area contributed by atoms with Gasteiger partial charge >= 0.3 is 0 Å². The summed E-state index contributed by atoms with van der Waals surface area (Å²) in [6.07, 6.45) is 0. The largest absolute Gasteiger partial charge is 0.311 e. The Morgan fingerprint density at radius 2 is 1.94 bits per heavy atom. The predicted octanol–water partition coefficient (Wildman–Crippen LogP) is 2.29. The molecule has 0 spiro atoms. The number of rotatable bonds is 2. The van der Waals surface area contributed by atoms with Gasteiger partial charge in [-0.1, -0.05) is 44.2 Å². The fourth-order valence-electron chi connectivity index (χ4n) is 2.41. The van der Waals surface area contributed by atoms with Gasteiger partial charge in [0, 0.05) is 25.2 Å². The van der Waals surface area contributed by atoms with E-state index in [1.807, 2.05) is 0 Å². The molecule has 16 heavy (non-hydrogen) atoms. The van der Waals surface area contributed by atoms with Gasteiger partial charge < -0.3 is 5.32 Å². The summed E-state index contributed by atoms with van der Waals surface area (Å²) in [6, 6.07) is 11.9. The van der Waals surface area contributed by atoms with Gasteiger partial charge in [-0.3, -0.25) is 4.90 Å². The molecule has 1 aliphatic heterocycles. The van der Waals surface area contributed by atoms with Crippen molar-refractivity contribution in [2.75, 3.05) is 20.1 Å². The third-order valence-corrected chi connectivity index (χ3v) is 3.58. The van der Waals surface area contributed by atoms with Gasteiger partial charge in [-0.05, 0) is 18.5 Å². The van der Waals surface area contributed by atoms with E-state index >= 15 is 0 Å². The summed E-state index contributed by atoms with van der Waals surface area (Å²) in [4.78, 5) is 2.47. The summed E-state index contributed by atoms with van der Waals surface area (Å²) in [6.45, 7) is 6.77. The lowest BCUT2D eigenvalue weighted by molar-refractivity contribution is 0.143. The van der Waals surface area contributed by atoms with Gasteiger partial charge in [-0.25, -0.2) is 0 Å². The molecule has 2 atom stereocenters. The van der Waals surface area contributed by atoms with Crippen LogP contribution in [0.4, 0.5) is 0 Å². The van der Waals surface area contributed by atoms with Crippen molar-refractivity contribution < 1.29 is 0 Å². The highest BCUT2D eigenvalue weighted by atomic mass is 15.2. The molecule has 2 rings (SSSR count). The van der Waals surface area contributed by atoms with E-state index in [-0.39, 0.29) is 0 Å². The van der Waals surface area contributed by atoms with E-state index < -0.39 is 0 Å². The average molecular weight is 218 g/mol. The molecule has 1 aliphatic rings. The van der Waals surface area contributed by atoms with Crippen LogP contribution in [0.1, 0.15) is 25.5 Å². The molecule has 0 saturated carbocycles. The van der Waals surface area contributed by atoms with Crippen LogP contribution in [0.15, 0.2) is 30.3 Å². The molecule has 2 nitrogen and oxygen atoms in total. The number of nitrogens with zero attached hydrogens (tertiary/aromatic N) is 1. The molecular weight excluding hydrogens is 196 g/mol. The Morgan fingerprint density at radius 1 is 1.25 bits per heavy atom. The van der Waals surface area contributed by atoms with Gasteiger partial charge in [-0.2, -0.15) is 0 Å². The number of hydrogen-bond acceptors (Lipinski definition) is 2. The van der Waals surface area contributed by atoms with Gasteiger partial charge in [0.15, 0.2) is 0 Å². The first-order chi connectivity index (χ1) is 7.68. The summed E-state index contributed by atoms with van der Waals surface area (Å²) in [7, 11) is 2.23. The van der Waals surface area contributed by atoms with Crippen molar-refractivity contribution in [2.45, 2.75) is 25.9 Å². The number of benzene rings is 1. The maximum Gasteiger partial charge on any atom is 0.0470 e. The molecule has 2 unspecified atom stereocenters. The van der Waals surface area contributed by atoms with E-state index in [2.05, 4.69) is 61.4 Å². The van der Waals surface area contributed by atoms with Crippen LogP contribution in [0.3, 0.4) is 0 Å². The summed E-state index contributed by atoms with van der Waals surface area (Å²) < 4.78 is 0. The van der Waals surface area contributed by atoms with Crippen molar-refractivity contribution in [1.82, 2.24) is 10.2 Å². The van der Waals surface area contributed by atoms with Crippen molar-refractivity contribution in [2.24, 2.45) is 5.92 Å². The van der Waals surface area contributed by atoms with Crippen LogP contribution in [-0.2, 0) is 0 Å². The first-order valence-corrected chi connectivity index (χ1v) is 6.17. The maximum atomic E-state index is 3.66. The van der Waals surface area contributed by atoms with Crippen LogP contribution < -0.4 is 5.32 Å². The van der Waals surface area contributed by atoms with Crippen LogP contribution in [0.25, 0.3) is 0 Å². The minimum Gasteiger partial charge on any atom is -0.311 e.